The van der Waals surface area contributed by atoms with Gasteiger partial charge in [-0.2, -0.15) is 5.10 Å². The van der Waals surface area contributed by atoms with Crippen LogP contribution in [0.25, 0.3) is 16.9 Å². The SMILES string of the molecule is Cn1ccc(-n2c(C(C)(C)C)nc3cc(N)ccc32)n1. The van der Waals surface area contributed by atoms with Gasteiger partial charge in [-0.1, -0.05) is 20.8 Å². The van der Waals surface area contributed by atoms with Crippen LogP contribution in [0.15, 0.2) is 30.5 Å². The number of anilines is 1. The fourth-order valence-corrected chi connectivity index (χ4v) is 2.35. The number of nitrogen functional groups attached to an aromatic ring is 1. The first-order chi connectivity index (χ1) is 9.36. The predicted molar refractivity (Wildman–Crippen MR) is 80.9 cm³/mol. The Morgan fingerprint density at radius 2 is 1.90 bits per heavy atom. The maximum Gasteiger partial charge on any atom is 0.160 e. The average Bonchev–Trinajstić information content (AvgIpc) is 2.91. The molecule has 0 aliphatic heterocycles. The smallest absolute Gasteiger partial charge is 0.160 e. The van der Waals surface area contributed by atoms with E-state index in [-0.39, 0.29) is 5.41 Å². The number of hydrogen-bond donors (Lipinski definition) is 1. The Kier molecular flexibility index (Phi) is 2.61. The predicted octanol–water partition coefficient (Wildman–Crippen LogP) is 2.64. The zero-order valence-electron chi connectivity index (χ0n) is 12.3. The molecule has 0 aliphatic carbocycles. The molecule has 0 bridgehead atoms. The van der Waals surface area contributed by atoms with Crippen molar-refractivity contribution in [1.82, 2.24) is 19.3 Å². The van der Waals surface area contributed by atoms with Gasteiger partial charge in [-0.25, -0.2) is 4.98 Å². The van der Waals surface area contributed by atoms with Crippen LogP contribution in [0.1, 0.15) is 26.6 Å². The number of aryl methyl sites for hydroxylation is 1. The molecule has 0 radical (unpaired) electrons. The Labute approximate surface area is 118 Å². The molecule has 20 heavy (non-hydrogen) atoms. The molecule has 0 unspecified atom stereocenters. The van der Waals surface area contributed by atoms with E-state index in [1.54, 1.807) is 4.68 Å². The number of rotatable bonds is 1. The van der Waals surface area contributed by atoms with Crippen molar-refractivity contribution in [3.63, 3.8) is 0 Å². The van der Waals surface area contributed by atoms with Gasteiger partial charge in [0.05, 0.1) is 11.0 Å². The lowest BCUT2D eigenvalue weighted by Crippen LogP contribution is -2.18. The van der Waals surface area contributed by atoms with E-state index >= 15 is 0 Å². The first-order valence-corrected chi connectivity index (χ1v) is 6.65. The third-order valence-electron chi connectivity index (χ3n) is 3.28. The summed E-state index contributed by atoms with van der Waals surface area (Å²) in [4.78, 5) is 4.76. The maximum absolute atomic E-state index is 5.87. The lowest BCUT2D eigenvalue weighted by molar-refractivity contribution is 0.536. The molecule has 5 heteroatoms. The number of imidazole rings is 1. The topological polar surface area (TPSA) is 61.7 Å². The summed E-state index contributed by atoms with van der Waals surface area (Å²) >= 11 is 0. The van der Waals surface area contributed by atoms with Crippen LogP contribution in [0.4, 0.5) is 5.69 Å². The first kappa shape index (κ1) is 12.7. The van der Waals surface area contributed by atoms with Crippen LogP contribution in [-0.2, 0) is 12.5 Å². The lowest BCUT2D eigenvalue weighted by atomic mass is 9.95. The third-order valence-corrected chi connectivity index (χ3v) is 3.28. The second-order valence-electron chi connectivity index (χ2n) is 6.12. The van der Waals surface area contributed by atoms with E-state index in [2.05, 4.69) is 30.4 Å². The van der Waals surface area contributed by atoms with E-state index < -0.39 is 0 Å². The fourth-order valence-electron chi connectivity index (χ4n) is 2.35. The number of nitrogens with two attached hydrogens (primary N) is 1. The highest BCUT2D eigenvalue weighted by atomic mass is 15.3. The van der Waals surface area contributed by atoms with Gasteiger partial charge in [0.2, 0.25) is 0 Å². The normalized spacial score (nSPS) is 12.2. The fraction of sp³-hybridized carbons (Fsp3) is 0.333. The molecular weight excluding hydrogens is 250 g/mol. The van der Waals surface area contributed by atoms with Gasteiger partial charge in [0.15, 0.2) is 5.82 Å². The van der Waals surface area contributed by atoms with Crippen LogP contribution in [0.2, 0.25) is 0 Å². The van der Waals surface area contributed by atoms with Crippen molar-refractivity contribution in [3.05, 3.63) is 36.3 Å². The van der Waals surface area contributed by atoms with Crippen LogP contribution in [0.3, 0.4) is 0 Å². The molecule has 3 rings (SSSR count). The van der Waals surface area contributed by atoms with E-state index in [1.807, 2.05) is 37.5 Å². The summed E-state index contributed by atoms with van der Waals surface area (Å²) in [5.41, 5.74) is 8.45. The number of aromatic nitrogens is 4. The Balaban J connectivity index is 2.37. The van der Waals surface area contributed by atoms with Gasteiger partial charge in [-0.15, -0.1) is 0 Å². The lowest BCUT2D eigenvalue weighted by Gasteiger charge is -2.18. The van der Waals surface area contributed by atoms with E-state index in [0.717, 1.165) is 28.4 Å². The van der Waals surface area contributed by atoms with Gasteiger partial charge in [0, 0.05) is 30.4 Å². The highest BCUT2D eigenvalue weighted by Gasteiger charge is 2.24. The van der Waals surface area contributed by atoms with Crippen molar-refractivity contribution < 1.29 is 0 Å². The van der Waals surface area contributed by atoms with E-state index in [1.165, 1.54) is 0 Å². The van der Waals surface area contributed by atoms with Crippen molar-refractivity contribution in [1.29, 1.82) is 0 Å². The highest BCUT2D eigenvalue weighted by Crippen LogP contribution is 2.29. The Bertz CT molecular complexity index is 773. The quantitative estimate of drug-likeness (QED) is 0.691. The summed E-state index contributed by atoms with van der Waals surface area (Å²) < 4.78 is 3.90. The van der Waals surface area contributed by atoms with Crippen molar-refractivity contribution in [2.75, 3.05) is 5.73 Å². The molecule has 104 valence electrons. The van der Waals surface area contributed by atoms with Gasteiger partial charge in [-0.05, 0) is 18.2 Å². The van der Waals surface area contributed by atoms with Crippen LogP contribution in [0.5, 0.6) is 0 Å². The standard InChI is InChI=1S/C15H19N5/c1-15(2,3)14-17-11-9-10(16)5-6-12(11)20(14)13-7-8-19(4)18-13/h5-9H,16H2,1-4H3. The second kappa shape index (κ2) is 4.10. The monoisotopic (exact) mass is 269 g/mol. The van der Waals surface area contributed by atoms with Crippen LogP contribution >= 0.6 is 0 Å². The molecule has 0 atom stereocenters. The van der Waals surface area contributed by atoms with E-state index in [4.69, 9.17) is 10.7 Å². The minimum Gasteiger partial charge on any atom is -0.399 e. The molecule has 5 nitrogen and oxygen atoms in total. The second-order valence-corrected chi connectivity index (χ2v) is 6.12. The minimum absolute atomic E-state index is 0.0781. The molecule has 0 saturated carbocycles. The summed E-state index contributed by atoms with van der Waals surface area (Å²) in [5.74, 6) is 1.86. The van der Waals surface area contributed by atoms with E-state index in [9.17, 15) is 0 Å². The maximum atomic E-state index is 5.87. The molecule has 0 fully saturated rings. The molecule has 0 spiro atoms. The molecule has 0 amide bonds. The van der Waals surface area contributed by atoms with Crippen molar-refractivity contribution in [2.45, 2.75) is 26.2 Å². The largest absolute Gasteiger partial charge is 0.399 e. The van der Waals surface area contributed by atoms with Crippen LogP contribution in [0, 0.1) is 0 Å². The van der Waals surface area contributed by atoms with Gasteiger partial charge < -0.3 is 5.73 Å². The molecule has 0 saturated heterocycles. The molecular formula is C15H19N5. The summed E-state index contributed by atoms with van der Waals surface area (Å²) in [6, 6.07) is 7.80. The first-order valence-electron chi connectivity index (χ1n) is 6.65. The Hall–Kier alpha value is -2.30. The van der Waals surface area contributed by atoms with Crippen molar-refractivity contribution in [3.8, 4) is 5.82 Å². The number of fused-ring (bicyclic) bond motifs is 1. The van der Waals surface area contributed by atoms with Gasteiger partial charge in [0.1, 0.15) is 5.82 Å². The molecule has 0 aliphatic rings. The highest BCUT2D eigenvalue weighted by molar-refractivity contribution is 5.81. The Morgan fingerprint density at radius 3 is 2.50 bits per heavy atom. The van der Waals surface area contributed by atoms with Crippen LogP contribution < -0.4 is 5.73 Å². The third kappa shape index (κ3) is 1.95. The summed E-state index contributed by atoms with van der Waals surface area (Å²) in [6.07, 6.45) is 1.94. The van der Waals surface area contributed by atoms with Crippen LogP contribution in [-0.4, -0.2) is 19.3 Å². The van der Waals surface area contributed by atoms with Gasteiger partial charge >= 0.3 is 0 Å². The Morgan fingerprint density at radius 1 is 1.15 bits per heavy atom. The summed E-state index contributed by atoms with van der Waals surface area (Å²) in [7, 11) is 1.91. The number of hydrogen-bond acceptors (Lipinski definition) is 3. The average molecular weight is 269 g/mol. The summed E-state index contributed by atoms with van der Waals surface area (Å²) in [6.45, 7) is 6.45. The minimum atomic E-state index is -0.0781. The molecule has 3 aromatic rings. The number of benzene rings is 1. The zero-order valence-corrected chi connectivity index (χ0v) is 12.3. The summed E-state index contributed by atoms with van der Waals surface area (Å²) in [5, 5.41) is 4.51. The molecule has 2 N–H and O–H groups in total. The molecule has 2 aromatic heterocycles. The van der Waals surface area contributed by atoms with Gasteiger partial charge in [-0.3, -0.25) is 9.25 Å². The zero-order chi connectivity index (χ0) is 14.5. The van der Waals surface area contributed by atoms with Gasteiger partial charge in [0.25, 0.3) is 0 Å². The van der Waals surface area contributed by atoms with Crippen molar-refractivity contribution in [2.24, 2.45) is 7.05 Å². The number of nitrogens with zero attached hydrogens (tertiary/aromatic N) is 4. The molecule has 1 aromatic carbocycles. The molecule has 2 heterocycles. The van der Waals surface area contributed by atoms with E-state index in [0.29, 0.717) is 0 Å². The van der Waals surface area contributed by atoms with Crippen molar-refractivity contribution >= 4 is 16.7 Å².